The second kappa shape index (κ2) is 9.77. The highest BCUT2D eigenvalue weighted by Gasteiger charge is 2.20. The van der Waals surface area contributed by atoms with Crippen molar-refractivity contribution in [2.75, 3.05) is 11.9 Å². The first kappa shape index (κ1) is 21.7. The number of hydrogen-bond acceptors (Lipinski definition) is 6. The zero-order valence-electron chi connectivity index (χ0n) is 17.7. The molecule has 3 N–H and O–H groups in total. The molecular weight excluding hydrogens is 414 g/mol. The van der Waals surface area contributed by atoms with E-state index in [0.717, 1.165) is 37.5 Å². The number of nitrogens with one attached hydrogen (secondary N) is 1. The number of anilines is 1. The topological polar surface area (TPSA) is 95.1 Å². The fourth-order valence-corrected chi connectivity index (χ4v) is 4.20. The van der Waals surface area contributed by atoms with Gasteiger partial charge in [0.1, 0.15) is 12.4 Å². The average Bonchev–Trinajstić information content (AvgIpc) is 2.77. The Hall–Kier alpha value is -2.48. The fourth-order valence-electron chi connectivity index (χ4n) is 3.97. The molecule has 31 heavy (non-hydrogen) atoms. The van der Waals surface area contributed by atoms with Crippen molar-refractivity contribution >= 4 is 28.6 Å². The molecule has 4 rings (SSSR count). The lowest BCUT2D eigenvalue weighted by molar-refractivity contribution is 0.0779. The Bertz CT molecular complexity index is 1110. The Labute approximate surface area is 186 Å². The number of ether oxygens (including phenoxy) is 1. The van der Waals surface area contributed by atoms with E-state index in [2.05, 4.69) is 15.3 Å². The van der Waals surface area contributed by atoms with Crippen LogP contribution in [0.4, 0.5) is 5.95 Å². The van der Waals surface area contributed by atoms with Gasteiger partial charge >= 0.3 is 0 Å². The lowest BCUT2D eigenvalue weighted by Gasteiger charge is -2.26. The van der Waals surface area contributed by atoms with Crippen LogP contribution < -0.4 is 16.6 Å². The van der Waals surface area contributed by atoms with E-state index in [1.807, 2.05) is 25.1 Å². The van der Waals surface area contributed by atoms with Crippen LogP contribution in [-0.2, 0) is 11.5 Å². The standard InChI is InChI=1S/C23H28ClN5O2/c1-2-11-31-14-29-21-15(12-19(22(29)30)18-5-3-4-6-20(18)24)13-26-23(28-21)27-17-9-7-16(25)8-10-17/h3-6,12-13,16-17H,2,7-11,14,25H2,1H3,(H,26,27,28). The van der Waals surface area contributed by atoms with E-state index < -0.39 is 0 Å². The van der Waals surface area contributed by atoms with Gasteiger partial charge in [-0.3, -0.25) is 9.36 Å². The van der Waals surface area contributed by atoms with Crippen molar-refractivity contribution in [3.8, 4) is 11.1 Å². The molecule has 0 amide bonds. The Morgan fingerprint density at radius 1 is 1.23 bits per heavy atom. The first-order valence-electron chi connectivity index (χ1n) is 10.8. The minimum absolute atomic E-state index is 0.121. The van der Waals surface area contributed by atoms with E-state index in [0.29, 0.717) is 34.4 Å². The number of pyridine rings is 1. The Balaban J connectivity index is 1.75. The number of hydrogen-bond donors (Lipinski definition) is 2. The predicted octanol–water partition coefficient (Wildman–Crippen LogP) is 4.18. The summed E-state index contributed by atoms with van der Waals surface area (Å²) in [5, 5.41) is 4.69. The van der Waals surface area contributed by atoms with E-state index in [9.17, 15) is 4.79 Å². The van der Waals surface area contributed by atoms with Crippen molar-refractivity contribution in [1.82, 2.24) is 14.5 Å². The largest absolute Gasteiger partial charge is 0.361 e. The summed E-state index contributed by atoms with van der Waals surface area (Å²) in [6.45, 7) is 2.71. The Kier molecular flexibility index (Phi) is 6.85. The third-order valence-electron chi connectivity index (χ3n) is 5.66. The third kappa shape index (κ3) is 4.89. The van der Waals surface area contributed by atoms with Crippen LogP contribution in [0, 0.1) is 0 Å². The molecule has 0 saturated heterocycles. The highest BCUT2D eigenvalue weighted by molar-refractivity contribution is 6.33. The molecule has 0 bridgehead atoms. The van der Waals surface area contributed by atoms with Crippen LogP contribution in [-0.4, -0.2) is 33.2 Å². The molecule has 0 spiro atoms. The van der Waals surface area contributed by atoms with Crippen molar-refractivity contribution in [1.29, 1.82) is 0 Å². The monoisotopic (exact) mass is 441 g/mol. The second-order valence-electron chi connectivity index (χ2n) is 8.04. The van der Waals surface area contributed by atoms with Crippen molar-refractivity contribution < 1.29 is 4.74 Å². The number of rotatable bonds is 7. The summed E-state index contributed by atoms with van der Waals surface area (Å²) in [6.07, 6.45) is 6.56. The van der Waals surface area contributed by atoms with Crippen LogP contribution in [0.5, 0.6) is 0 Å². The molecule has 0 radical (unpaired) electrons. The Morgan fingerprint density at radius 3 is 2.74 bits per heavy atom. The van der Waals surface area contributed by atoms with Gasteiger partial charge in [0.25, 0.3) is 5.56 Å². The minimum Gasteiger partial charge on any atom is -0.361 e. The van der Waals surface area contributed by atoms with Crippen molar-refractivity contribution in [3.63, 3.8) is 0 Å². The molecule has 1 aliphatic carbocycles. The maximum Gasteiger partial charge on any atom is 0.262 e. The van der Waals surface area contributed by atoms with Crippen molar-refractivity contribution in [3.05, 3.63) is 51.9 Å². The van der Waals surface area contributed by atoms with Crippen LogP contribution in [0.2, 0.25) is 5.02 Å². The maximum absolute atomic E-state index is 13.4. The molecule has 164 valence electrons. The molecule has 8 heteroatoms. The van der Waals surface area contributed by atoms with E-state index >= 15 is 0 Å². The smallest absolute Gasteiger partial charge is 0.262 e. The number of nitrogens with two attached hydrogens (primary N) is 1. The summed E-state index contributed by atoms with van der Waals surface area (Å²) in [7, 11) is 0. The van der Waals surface area contributed by atoms with Gasteiger partial charge in [0.2, 0.25) is 5.95 Å². The van der Waals surface area contributed by atoms with Gasteiger partial charge in [0.05, 0.1) is 0 Å². The minimum atomic E-state index is -0.190. The zero-order chi connectivity index (χ0) is 21.8. The average molecular weight is 442 g/mol. The summed E-state index contributed by atoms with van der Waals surface area (Å²) in [4.78, 5) is 22.6. The van der Waals surface area contributed by atoms with Gasteiger partial charge < -0.3 is 15.8 Å². The lowest BCUT2D eigenvalue weighted by Crippen LogP contribution is -2.33. The van der Waals surface area contributed by atoms with Gasteiger partial charge in [-0.2, -0.15) is 4.98 Å². The summed E-state index contributed by atoms with van der Waals surface area (Å²) >= 11 is 6.38. The molecular formula is C23H28ClN5O2. The molecule has 1 aliphatic rings. The van der Waals surface area contributed by atoms with E-state index in [1.54, 1.807) is 22.9 Å². The molecule has 7 nitrogen and oxygen atoms in total. The number of fused-ring (bicyclic) bond motifs is 1. The molecule has 3 aromatic rings. The molecule has 1 saturated carbocycles. The lowest BCUT2D eigenvalue weighted by atomic mass is 9.92. The van der Waals surface area contributed by atoms with E-state index in [4.69, 9.17) is 22.1 Å². The molecule has 2 heterocycles. The second-order valence-corrected chi connectivity index (χ2v) is 8.44. The first-order chi connectivity index (χ1) is 15.1. The van der Waals surface area contributed by atoms with Crippen LogP contribution in [0.1, 0.15) is 39.0 Å². The predicted molar refractivity (Wildman–Crippen MR) is 124 cm³/mol. The number of halogens is 1. The van der Waals surface area contributed by atoms with Gasteiger partial charge in [-0.25, -0.2) is 4.98 Å². The quantitative estimate of drug-likeness (QED) is 0.534. The number of aromatic nitrogens is 3. The fraction of sp³-hybridized carbons (Fsp3) is 0.435. The SMILES string of the molecule is CCCOCn1c(=O)c(-c2ccccc2Cl)cc2cnc(NC3CCC(N)CC3)nc21. The molecule has 0 aliphatic heterocycles. The number of benzene rings is 1. The van der Waals surface area contributed by atoms with Crippen molar-refractivity contribution in [2.45, 2.75) is 57.8 Å². The van der Waals surface area contributed by atoms with Crippen LogP contribution in [0.3, 0.4) is 0 Å². The summed E-state index contributed by atoms with van der Waals surface area (Å²) in [6, 6.07) is 9.69. The maximum atomic E-state index is 13.4. The zero-order valence-corrected chi connectivity index (χ0v) is 18.4. The van der Waals surface area contributed by atoms with Crippen LogP contribution in [0.15, 0.2) is 41.3 Å². The van der Waals surface area contributed by atoms with Gasteiger partial charge in [0, 0.05) is 46.4 Å². The summed E-state index contributed by atoms with van der Waals surface area (Å²) in [5.74, 6) is 0.516. The highest BCUT2D eigenvalue weighted by atomic mass is 35.5. The highest BCUT2D eigenvalue weighted by Crippen LogP contribution is 2.27. The van der Waals surface area contributed by atoms with Crippen molar-refractivity contribution in [2.24, 2.45) is 5.73 Å². The van der Waals surface area contributed by atoms with E-state index in [1.165, 1.54) is 0 Å². The van der Waals surface area contributed by atoms with E-state index in [-0.39, 0.29) is 24.4 Å². The number of nitrogens with zero attached hydrogens (tertiary/aromatic N) is 3. The molecule has 1 fully saturated rings. The molecule has 1 aromatic carbocycles. The van der Waals surface area contributed by atoms with Gasteiger partial charge in [0.15, 0.2) is 0 Å². The molecule has 0 atom stereocenters. The molecule has 0 unspecified atom stereocenters. The van der Waals surface area contributed by atoms with Gasteiger partial charge in [-0.15, -0.1) is 0 Å². The summed E-state index contributed by atoms with van der Waals surface area (Å²) in [5.41, 5.74) is 7.55. The summed E-state index contributed by atoms with van der Waals surface area (Å²) < 4.78 is 7.28. The van der Waals surface area contributed by atoms with Crippen LogP contribution >= 0.6 is 11.6 Å². The van der Waals surface area contributed by atoms with Gasteiger partial charge in [-0.1, -0.05) is 36.7 Å². The Morgan fingerprint density at radius 2 is 2.00 bits per heavy atom. The first-order valence-corrected chi connectivity index (χ1v) is 11.2. The molecule has 2 aromatic heterocycles. The normalized spacial score (nSPS) is 18.9. The van der Waals surface area contributed by atoms with Crippen LogP contribution in [0.25, 0.3) is 22.2 Å². The van der Waals surface area contributed by atoms with Gasteiger partial charge in [-0.05, 0) is 44.2 Å². The third-order valence-corrected chi connectivity index (χ3v) is 5.99.